The van der Waals surface area contributed by atoms with Gasteiger partial charge in [-0.25, -0.2) is 4.39 Å². The Morgan fingerprint density at radius 2 is 2.24 bits per heavy atom. The van der Waals surface area contributed by atoms with Crippen molar-refractivity contribution in [1.82, 2.24) is 5.32 Å². The lowest BCUT2D eigenvalue weighted by Crippen LogP contribution is -2.28. The van der Waals surface area contributed by atoms with Crippen molar-refractivity contribution >= 4 is 5.91 Å². The molecule has 0 aliphatic rings. The van der Waals surface area contributed by atoms with Crippen molar-refractivity contribution in [2.45, 2.75) is 26.4 Å². The summed E-state index contributed by atoms with van der Waals surface area (Å²) in [5.74, 6) is 4.60. The van der Waals surface area contributed by atoms with Crippen LogP contribution in [0.5, 0.6) is 0 Å². The summed E-state index contributed by atoms with van der Waals surface area (Å²) in [6, 6.07) is 3.86. The average Bonchev–Trinajstić information content (AvgIpc) is 2.45. The molecule has 114 valence electrons. The zero-order valence-corrected chi connectivity index (χ0v) is 12.3. The zero-order chi connectivity index (χ0) is 15.7. The predicted octanol–water partition coefficient (Wildman–Crippen LogP) is 1.71. The minimum Gasteiger partial charge on any atom is -0.395 e. The Kier molecular flexibility index (Phi) is 7.44. The summed E-state index contributed by atoms with van der Waals surface area (Å²) in [7, 11) is 0. The monoisotopic (exact) mass is 293 g/mol. The highest BCUT2D eigenvalue weighted by Gasteiger charge is 2.11. The molecule has 21 heavy (non-hydrogen) atoms. The Hall–Kier alpha value is -1.90. The Labute approximate surface area is 124 Å². The molecule has 1 rings (SSSR count). The third-order valence-corrected chi connectivity index (χ3v) is 2.52. The van der Waals surface area contributed by atoms with E-state index in [1.54, 1.807) is 0 Å². The molecule has 0 aliphatic carbocycles. The lowest BCUT2D eigenvalue weighted by atomic mass is 10.1. The van der Waals surface area contributed by atoms with Crippen LogP contribution in [0.2, 0.25) is 0 Å². The number of ether oxygens (including phenoxy) is 1. The molecular weight excluding hydrogens is 273 g/mol. The topological polar surface area (TPSA) is 58.6 Å². The van der Waals surface area contributed by atoms with E-state index in [0.29, 0.717) is 25.1 Å². The molecule has 1 aromatic rings. The van der Waals surface area contributed by atoms with Crippen molar-refractivity contribution in [3.63, 3.8) is 0 Å². The molecule has 0 unspecified atom stereocenters. The largest absolute Gasteiger partial charge is 0.395 e. The second-order valence-corrected chi connectivity index (χ2v) is 4.64. The number of hydrogen-bond acceptors (Lipinski definition) is 3. The number of amides is 1. The molecule has 0 saturated heterocycles. The first-order valence-electron chi connectivity index (χ1n) is 6.83. The highest BCUT2D eigenvalue weighted by atomic mass is 19.1. The van der Waals surface area contributed by atoms with Gasteiger partial charge in [-0.2, -0.15) is 0 Å². The third-order valence-electron chi connectivity index (χ3n) is 2.52. The van der Waals surface area contributed by atoms with E-state index in [9.17, 15) is 9.18 Å². The van der Waals surface area contributed by atoms with Crippen molar-refractivity contribution in [3.8, 4) is 11.8 Å². The molecular formula is C16H20FNO3. The maximum Gasteiger partial charge on any atom is 0.252 e. The van der Waals surface area contributed by atoms with Crippen LogP contribution in [0.4, 0.5) is 4.39 Å². The van der Waals surface area contributed by atoms with Crippen molar-refractivity contribution in [3.05, 3.63) is 35.1 Å². The summed E-state index contributed by atoms with van der Waals surface area (Å²) >= 11 is 0. The Balaban J connectivity index is 2.73. The minimum atomic E-state index is -0.494. The van der Waals surface area contributed by atoms with Gasteiger partial charge in [0.05, 0.1) is 24.9 Å². The van der Waals surface area contributed by atoms with Gasteiger partial charge in [0.2, 0.25) is 0 Å². The summed E-state index contributed by atoms with van der Waals surface area (Å²) in [4.78, 5) is 12.0. The minimum absolute atomic E-state index is 0.0533. The fourth-order valence-electron chi connectivity index (χ4n) is 1.58. The standard InChI is InChI=1S/C16H20FNO3/c1-12(2)21-10-8-18-16(20)15-11-14(17)7-6-13(15)5-3-4-9-19/h6-7,11-12,19H,4,8-10H2,1-2H3,(H,18,20). The van der Waals surface area contributed by atoms with E-state index in [2.05, 4.69) is 17.2 Å². The van der Waals surface area contributed by atoms with Crippen LogP contribution in [0.1, 0.15) is 36.2 Å². The van der Waals surface area contributed by atoms with Gasteiger partial charge in [0.1, 0.15) is 5.82 Å². The SMILES string of the molecule is CC(C)OCCNC(=O)c1cc(F)ccc1C#CCCO. The van der Waals surface area contributed by atoms with Gasteiger partial charge in [-0.1, -0.05) is 11.8 Å². The first-order valence-corrected chi connectivity index (χ1v) is 6.83. The van der Waals surface area contributed by atoms with E-state index in [-0.39, 0.29) is 18.3 Å². The molecule has 0 aromatic heterocycles. The smallest absolute Gasteiger partial charge is 0.252 e. The quantitative estimate of drug-likeness (QED) is 0.620. The summed E-state index contributed by atoms with van der Waals surface area (Å²) in [5.41, 5.74) is 0.622. The molecule has 0 heterocycles. The maximum atomic E-state index is 13.3. The molecule has 0 bridgehead atoms. The number of carbonyl (C=O) groups is 1. The summed E-state index contributed by atoms with van der Waals surface area (Å²) in [6.07, 6.45) is 0.400. The molecule has 0 saturated carbocycles. The number of aliphatic hydroxyl groups is 1. The van der Waals surface area contributed by atoms with E-state index in [4.69, 9.17) is 9.84 Å². The maximum absolute atomic E-state index is 13.3. The highest BCUT2D eigenvalue weighted by molar-refractivity contribution is 5.96. The lowest BCUT2D eigenvalue weighted by Gasteiger charge is -2.09. The number of aliphatic hydroxyl groups excluding tert-OH is 1. The van der Waals surface area contributed by atoms with Crippen molar-refractivity contribution in [2.75, 3.05) is 19.8 Å². The van der Waals surface area contributed by atoms with Crippen LogP contribution < -0.4 is 5.32 Å². The van der Waals surface area contributed by atoms with Crippen molar-refractivity contribution < 1.29 is 19.0 Å². The van der Waals surface area contributed by atoms with Crippen molar-refractivity contribution in [2.24, 2.45) is 0 Å². The molecule has 0 atom stereocenters. The lowest BCUT2D eigenvalue weighted by molar-refractivity contribution is 0.0746. The summed E-state index contributed by atoms with van der Waals surface area (Å²) in [6.45, 7) is 4.50. The van der Waals surface area contributed by atoms with E-state index in [0.717, 1.165) is 6.07 Å². The summed E-state index contributed by atoms with van der Waals surface area (Å²) in [5, 5.41) is 11.4. The first-order chi connectivity index (χ1) is 10.0. The van der Waals surface area contributed by atoms with Gasteiger partial charge in [-0.15, -0.1) is 0 Å². The van der Waals surface area contributed by atoms with Crippen LogP contribution in [0.15, 0.2) is 18.2 Å². The second kappa shape index (κ2) is 9.11. The van der Waals surface area contributed by atoms with Gasteiger partial charge in [-0.3, -0.25) is 4.79 Å². The van der Waals surface area contributed by atoms with Crippen LogP contribution >= 0.6 is 0 Å². The molecule has 0 aliphatic heterocycles. The molecule has 5 heteroatoms. The van der Waals surface area contributed by atoms with E-state index in [1.807, 2.05) is 13.8 Å². The molecule has 1 amide bonds. The van der Waals surface area contributed by atoms with E-state index < -0.39 is 11.7 Å². The van der Waals surface area contributed by atoms with Crippen LogP contribution in [0, 0.1) is 17.7 Å². The molecule has 2 N–H and O–H groups in total. The van der Waals surface area contributed by atoms with Gasteiger partial charge in [0, 0.05) is 18.5 Å². The van der Waals surface area contributed by atoms with Crippen LogP contribution in [-0.2, 0) is 4.74 Å². The predicted molar refractivity (Wildman–Crippen MR) is 78.4 cm³/mol. The molecule has 4 nitrogen and oxygen atoms in total. The third kappa shape index (κ3) is 6.39. The first kappa shape index (κ1) is 17.2. The molecule has 0 fully saturated rings. The van der Waals surface area contributed by atoms with Gasteiger partial charge < -0.3 is 15.2 Å². The average molecular weight is 293 g/mol. The number of carbonyl (C=O) groups excluding carboxylic acids is 1. The number of benzene rings is 1. The summed E-state index contributed by atoms with van der Waals surface area (Å²) < 4.78 is 18.6. The van der Waals surface area contributed by atoms with Crippen LogP contribution in [-0.4, -0.2) is 36.9 Å². The van der Waals surface area contributed by atoms with E-state index in [1.165, 1.54) is 12.1 Å². The van der Waals surface area contributed by atoms with Crippen LogP contribution in [0.25, 0.3) is 0 Å². The van der Waals surface area contributed by atoms with E-state index >= 15 is 0 Å². The number of rotatable bonds is 6. The zero-order valence-electron chi connectivity index (χ0n) is 12.3. The van der Waals surface area contributed by atoms with Crippen molar-refractivity contribution in [1.29, 1.82) is 0 Å². The number of halogens is 1. The van der Waals surface area contributed by atoms with Crippen LogP contribution in [0.3, 0.4) is 0 Å². The number of nitrogens with one attached hydrogen (secondary N) is 1. The second-order valence-electron chi connectivity index (χ2n) is 4.64. The van der Waals surface area contributed by atoms with Gasteiger partial charge >= 0.3 is 0 Å². The Morgan fingerprint density at radius 1 is 1.48 bits per heavy atom. The molecule has 1 aromatic carbocycles. The van der Waals surface area contributed by atoms with Gasteiger partial charge in [0.15, 0.2) is 0 Å². The van der Waals surface area contributed by atoms with Gasteiger partial charge in [0.25, 0.3) is 5.91 Å². The molecule has 0 spiro atoms. The fourth-order valence-corrected chi connectivity index (χ4v) is 1.58. The van der Waals surface area contributed by atoms with Gasteiger partial charge in [-0.05, 0) is 32.0 Å². The fraction of sp³-hybridized carbons (Fsp3) is 0.438. The Bertz CT molecular complexity index is 532. The number of hydrogen-bond donors (Lipinski definition) is 2. The highest BCUT2D eigenvalue weighted by Crippen LogP contribution is 2.10. The Morgan fingerprint density at radius 3 is 2.90 bits per heavy atom. The normalized spacial score (nSPS) is 10.1. The molecule has 0 radical (unpaired) electrons.